The van der Waals surface area contributed by atoms with Gasteiger partial charge in [-0.15, -0.1) is 0 Å². The maximum absolute atomic E-state index is 5.39. The Hall–Kier alpha value is -2.42. The molecule has 2 aromatic carbocycles. The normalized spacial score (nSPS) is 22.5. The van der Waals surface area contributed by atoms with E-state index in [-0.39, 0.29) is 5.54 Å². The molecule has 0 aromatic heterocycles. The number of methoxy groups -OCH3 is 1. The van der Waals surface area contributed by atoms with E-state index in [1.807, 2.05) is 18.2 Å². The molecule has 110 valence electrons. The highest BCUT2D eigenvalue weighted by atomic mass is 16.5. The van der Waals surface area contributed by atoms with Crippen LogP contribution in [0, 0.1) is 0 Å². The molecule has 0 saturated heterocycles. The Morgan fingerprint density at radius 2 is 1.91 bits per heavy atom. The highest BCUT2D eigenvalue weighted by Crippen LogP contribution is 2.48. The van der Waals surface area contributed by atoms with Crippen molar-refractivity contribution in [3.05, 3.63) is 59.7 Å². The van der Waals surface area contributed by atoms with Crippen molar-refractivity contribution in [2.45, 2.75) is 25.3 Å². The maximum atomic E-state index is 5.39. The molecule has 0 amide bonds. The molecule has 2 heterocycles. The Labute approximate surface area is 130 Å². The number of hydrogen-bond donors (Lipinski definition) is 0. The van der Waals surface area contributed by atoms with Gasteiger partial charge in [-0.3, -0.25) is 9.98 Å². The number of nitrogens with zero attached hydrogens (tertiary/aromatic N) is 2. The van der Waals surface area contributed by atoms with Gasteiger partial charge in [0, 0.05) is 17.0 Å². The van der Waals surface area contributed by atoms with E-state index in [0.29, 0.717) is 0 Å². The van der Waals surface area contributed by atoms with Crippen molar-refractivity contribution in [3.8, 4) is 5.75 Å². The Morgan fingerprint density at radius 3 is 2.68 bits per heavy atom. The maximum Gasteiger partial charge on any atom is 0.126 e. The molecule has 2 aromatic rings. The first-order chi connectivity index (χ1) is 10.7. The number of fused-ring (bicyclic) bond motifs is 2. The highest BCUT2D eigenvalue weighted by Gasteiger charge is 2.44. The van der Waals surface area contributed by atoms with Crippen molar-refractivity contribution in [1.29, 1.82) is 0 Å². The first-order valence-corrected chi connectivity index (χ1v) is 7.61. The largest absolute Gasteiger partial charge is 0.497 e. The fraction of sp³-hybridized carbons (Fsp3) is 0.263. The molecule has 3 heteroatoms. The number of ether oxygens (including phenoxy) is 1. The van der Waals surface area contributed by atoms with Gasteiger partial charge in [0.15, 0.2) is 0 Å². The van der Waals surface area contributed by atoms with Crippen LogP contribution < -0.4 is 4.74 Å². The molecule has 22 heavy (non-hydrogen) atoms. The second-order valence-corrected chi connectivity index (χ2v) is 5.87. The van der Waals surface area contributed by atoms with Crippen molar-refractivity contribution in [2.24, 2.45) is 9.98 Å². The summed E-state index contributed by atoms with van der Waals surface area (Å²) in [5, 5.41) is 0. The van der Waals surface area contributed by atoms with E-state index in [0.717, 1.165) is 30.0 Å². The monoisotopic (exact) mass is 290 g/mol. The summed E-state index contributed by atoms with van der Waals surface area (Å²) in [6.07, 6.45) is 1.96. The van der Waals surface area contributed by atoms with Crippen molar-refractivity contribution in [2.75, 3.05) is 7.11 Å². The molecule has 0 saturated carbocycles. The van der Waals surface area contributed by atoms with Gasteiger partial charge in [0.25, 0.3) is 0 Å². The smallest absolute Gasteiger partial charge is 0.126 e. The van der Waals surface area contributed by atoms with Gasteiger partial charge in [-0.25, -0.2) is 0 Å². The molecule has 2 aliphatic heterocycles. The lowest BCUT2D eigenvalue weighted by Crippen LogP contribution is -2.26. The summed E-state index contributed by atoms with van der Waals surface area (Å²) in [5.41, 5.74) is 5.37. The summed E-state index contributed by atoms with van der Waals surface area (Å²) in [6.45, 7) is 2.09. The highest BCUT2D eigenvalue weighted by molar-refractivity contribution is 6.09. The summed E-state index contributed by atoms with van der Waals surface area (Å²) in [6, 6.07) is 16.5. The summed E-state index contributed by atoms with van der Waals surface area (Å²) in [7, 11) is 1.70. The molecule has 3 nitrogen and oxygen atoms in total. The third kappa shape index (κ3) is 1.82. The van der Waals surface area contributed by atoms with E-state index < -0.39 is 0 Å². The van der Waals surface area contributed by atoms with Crippen LogP contribution in [0.25, 0.3) is 0 Å². The van der Waals surface area contributed by atoms with Gasteiger partial charge >= 0.3 is 0 Å². The minimum atomic E-state index is -0.297. The van der Waals surface area contributed by atoms with Crippen LogP contribution in [-0.4, -0.2) is 18.5 Å². The molecule has 0 aliphatic carbocycles. The predicted molar refractivity (Wildman–Crippen MR) is 89.7 cm³/mol. The summed E-state index contributed by atoms with van der Waals surface area (Å²) in [4.78, 5) is 9.86. The van der Waals surface area contributed by atoms with Crippen LogP contribution in [-0.2, 0) is 5.54 Å². The van der Waals surface area contributed by atoms with E-state index in [1.165, 1.54) is 16.8 Å². The van der Waals surface area contributed by atoms with Crippen LogP contribution in [0.1, 0.15) is 30.9 Å². The van der Waals surface area contributed by atoms with E-state index in [4.69, 9.17) is 14.7 Å². The van der Waals surface area contributed by atoms with Crippen LogP contribution in [0.4, 0.5) is 5.69 Å². The second kappa shape index (κ2) is 4.80. The van der Waals surface area contributed by atoms with Crippen LogP contribution in [0.2, 0.25) is 0 Å². The molecule has 0 N–H and O–H groups in total. The molecule has 1 spiro atoms. The molecule has 1 unspecified atom stereocenters. The molecule has 0 bridgehead atoms. The third-order valence-electron chi connectivity index (χ3n) is 4.69. The van der Waals surface area contributed by atoms with Crippen LogP contribution >= 0.6 is 0 Å². The minimum absolute atomic E-state index is 0.297. The number of aliphatic imine (C=N–C) groups is 2. The van der Waals surface area contributed by atoms with E-state index in [1.54, 1.807) is 7.11 Å². The van der Waals surface area contributed by atoms with E-state index >= 15 is 0 Å². The average molecular weight is 290 g/mol. The molecule has 1 atom stereocenters. The first-order valence-electron chi connectivity index (χ1n) is 7.61. The molecule has 4 rings (SSSR count). The lowest BCUT2D eigenvalue weighted by molar-refractivity contribution is 0.413. The Kier molecular flexibility index (Phi) is 2.89. The summed E-state index contributed by atoms with van der Waals surface area (Å²) < 4.78 is 5.39. The average Bonchev–Trinajstić information content (AvgIpc) is 3.12. The minimum Gasteiger partial charge on any atom is -0.497 e. The zero-order chi connectivity index (χ0) is 15.2. The van der Waals surface area contributed by atoms with Gasteiger partial charge in [-0.05, 0) is 43.5 Å². The topological polar surface area (TPSA) is 34.0 Å². The molecule has 0 fully saturated rings. The van der Waals surface area contributed by atoms with Crippen molar-refractivity contribution in [1.82, 2.24) is 0 Å². The SMILES string of the molecule is COc1ccc2c(c1)C1(CCC(c3ccccc3)=N1)C(C)=N2. The summed E-state index contributed by atoms with van der Waals surface area (Å²) in [5.74, 6) is 0.867. The van der Waals surface area contributed by atoms with Gasteiger partial charge in [0.2, 0.25) is 0 Å². The molecular weight excluding hydrogens is 272 g/mol. The van der Waals surface area contributed by atoms with Crippen molar-refractivity contribution in [3.63, 3.8) is 0 Å². The Morgan fingerprint density at radius 1 is 1.09 bits per heavy atom. The fourth-order valence-electron chi connectivity index (χ4n) is 3.48. The molecule has 0 radical (unpaired) electrons. The van der Waals surface area contributed by atoms with Crippen molar-refractivity contribution < 1.29 is 4.74 Å². The quantitative estimate of drug-likeness (QED) is 0.812. The lowest BCUT2D eigenvalue weighted by Gasteiger charge is -2.22. The second-order valence-electron chi connectivity index (χ2n) is 5.87. The van der Waals surface area contributed by atoms with E-state index in [2.05, 4.69) is 37.3 Å². The van der Waals surface area contributed by atoms with Gasteiger partial charge < -0.3 is 4.74 Å². The van der Waals surface area contributed by atoms with Crippen LogP contribution in [0.5, 0.6) is 5.75 Å². The zero-order valence-corrected chi connectivity index (χ0v) is 12.8. The first kappa shape index (κ1) is 13.3. The molecule has 2 aliphatic rings. The lowest BCUT2D eigenvalue weighted by atomic mass is 9.85. The van der Waals surface area contributed by atoms with E-state index in [9.17, 15) is 0 Å². The Balaban J connectivity index is 1.84. The fourth-order valence-corrected chi connectivity index (χ4v) is 3.48. The van der Waals surface area contributed by atoms with Gasteiger partial charge in [0.1, 0.15) is 11.3 Å². The number of hydrogen-bond acceptors (Lipinski definition) is 3. The third-order valence-corrected chi connectivity index (χ3v) is 4.69. The van der Waals surface area contributed by atoms with Crippen molar-refractivity contribution >= 4 is 17.1 Å². The zero-order valence-electron chi connectivity index (χ0n) is 12.8. The van der Waals surface area contributed by atoms with Gasteiger partial charge in [0.05, 0.1) is 12.8 Å². The van der Waals surface area contributed by atoms with Crippen LogP contribution in [0.3, 0.4) is 0 Å². The predicted octanol–water partition coefficient (Wildman–Crippen LogP) is 4.28. The Bertz CT molecular complexity index is 792. The number of benzene rings is 2. The number of rotatable bonds is 2. The van der Waals surface area contributed by atoms with Gasteiger partial charge in [-0.1, -0.05) is 30.3 Å². The molecular formula is C19H18N2O. The van der Waals surface area contributed by atoms with Crippen LogP contribution in [0.15, 0.2) is 58.5 Å². The van der Waals surface area contributed by atoms with Gasteiger partial charge in [-0.2, -0.15) is 0 Å². The standard InChI is InChI=1S/C19H18N2O/c1-13-19(16-12-15(22-2)8-9-18(16)20-13)11-10-17(21-19)14-6-4-3-5-7-14/h3-9,12H,10-11H2,1-2H3. The summed E-state index contributed by atoms with van der Waals surface area (Å²) >= 11 is 0.